The van der Waals surface area contributed by atoms with E-state index in [0.29, 0.717) is 18.0 Å². The summed E-state index contributed by atoms with van der Waals surface area (Å²) in [5, 5.41) is 3.45. The summed E-state index contributed by atoms with van der Waals surface area (Å²) < 4.78 is 11.9. The van der Waals surface area contributed by atoms with Crippen LogP contribution in [0.2, 0.25) is 0 Å². The van der Waals surface area contributed by atoms with Crippen LogP contribution in [0.25, 0.3) is 0 Å². The lowest BCUT2D eigenvalue weighted by molar-refractivity contribution is 0.200. The molecule has 1 nitrogen and oxygen atoms in total. The van der Waals surface area contributed by atoms with E-state index < -0.39 is 0 Å². The van der Waals surface area contributed by atoms with Crippen LogP contribution in [0.1, 0.15) is 33.1 Å². The van der Waals surface area contributed by atoms with Crippen molar-refractivity contribution in [1.29, 1.82) is 0 Å². The lowest BCUT2D eigenvalue weighted by Gasteiger charge is -2.38. The van der Waals surface area contributed by atoms with E-state index in [1.807, 2.05) is 0 Å². The van der Waals surface area contributed by atoms with Crippen molar-refractivity contribution in [3.63, 3.8) is 0 Å². The van der Waals surface area contributed by atoms with Gasteiger partial charge in [-0.15, -0.1) is 11.6 Å². The largest absolute Gasteiger partial charge is 0.311 e. The monoisotopic (exact) mass is 207 g/mol. The van der Waals surface area contributed by atoms with Gasteiger partial charge < -0.3 is 5.32 Å². The highest BCUT2D eigenvalue weighted by molar-refractivity contribution is 6.20. The second-order valence-electron chi connectivity index (χ2n) is 4.75. The molecule has 3 heteroatoms. The number of alkyl halides is 2. The molecule has 1 aliphatic carbocycles. The summed E-state index contributed by atoms with van der Waals surface area (Å²) in [5.74, 6) is 0. The maximum Gasteiger partial charge on any atom is 0.102 e. The van der Waals surface area contributed by atoms with E-state index in [2.05, 4.69) is 19.2 Å². The SMILES string of the molecule is CC1(C)CC(Cl)CC(NCCF)C1. The van der Waals surface area contributed by atoms with E-state index in [0.717, 1.165) is 19.3 Å². The van der Waals surface area contributed by atoms with Crippen molar-refractivity contribution < 1.29 is 4.39 Å². The first kappa shape index (κ1) is 11.3. The van der Waals surface area contributed by atoms with Gasteiger partial charge in [-0.25, -0.2) is 4.39 Å². The molecule has 1 aliphatic rings. The fourth-order valence-corrected chi connectivity index (χ4v) is 2.87. The van der Waals surface area contributed by atoms with Crippen LogP contribution in [0, 0.1) is 5.41 Å². The molecule has 0 aliphatic heterocycles. The standard InChI is InChI=1S/C10H19ClFN/c1-10(2)6-8(11)5-9(7-10)13-4-3-12/h8-9,13H,3-7H2,1-2H3. The molecule has 1 fully saturated rings. The quantitative estimate of drug-likeness (QED) is 0.702. The zero-order valence-corrected chi connectivity index (χ0v) is 9.20. The number of hydrogen-bond acceptors (Lipinski definition) is 1. The Morgan fingerprint density at radius 2 is 2.15 bits per heavy atom. The number of hydrogen-bond donors (Lipinski definition) is 1. The summed E-state index contributed by atoms with van der Waals surface area (Å²) in [7, 11) is 0. The third-order valence-electron chi connectivity index (χ3n) is 2.64. The summed E-state index contributed by atoms with van der Waals surface area (Å²) in [6.07, 6.45) is 3.16. The van der Waals surface area contributed by atoms with Crippen molar-refractivity contribution in [2.45, 2.75) is 44.5 Å². The van der Waals surface area contributed by atoms with Crippen LogP contribution < -0.4 is 5.32 Å². The van der Waals surface area contributed by atoms with Gasteiger partial charge in [-0.2, -0.15) is 0 Å². The van der Waals surface area contributed by atoms with Crippen LogP contribution in [0.3, 0.4) is 0 Å². The molecule has 0 radical (unpaired) electrons. The first-order valence-corrected chi connectivity index (χ1v) is 5.40. The summed E-state index contributed by atoms with van der Waals surface area (Å²) in [5.41, 5.74) is 0.304. The van der Waals surface area contributed by atoms with Gasteiger partial charge in [0.25, 0.3) is 0 Å². The maximum absolute atomic E-state index is 11.9. The van der Waals surface area contributed by atoms with Crippen molar-refractivity contribution in [3.8, 4) is 0 Å². The Labute approximate surface area is 85.0 Å². The molecule has 0 aromatic rings. The Morgan fingerprint density at radius 1 is 1.46 bits per heavy atom. The molecule has 0 saturated heterocycles. The fraction of sp³-hybridized carbons (Fsp3) is 1.00. The lowest BCUT2D eigenvalue weighted by atomic mass is 9.75. The minimum absolute atomic E-state index is 0.251. The van der Waals surface area contributed by atoms with Crippen LogP contribution in [0.4, 0.5) is 4.39 Å². The zero-order valence-electron chi connectivity index (χ0n) is 8.45. The van der Waals surface area contributed by atoms with Gasteiger partial charge >= 0.3 is 0 Å². The van der Waals surface area contributed by atoms with Gasteiger partial charge in [0.2, 0.25) is 0 Å². The Kier molecular flexibility index (Phi) is 3.99. The normalized spacial score (nSPS) is 33.2. The van der Waals surface area contributed by atoms with Gasteiger partial charge in [-0.05, 0) is 24.7 Å². The van der Waals surface area contributed by atoms with Crippen LogP contribution in [-0.4, -0.2) is 24.6 Å². The zero-order chi connectivity index (χ0) is 9.90. The van der Waals surface area contributed by atoms with Crippen molar-refractivity contribution in [3.05, 3.63) is 0 Å². The molecule has 2 atom stereocenters. The molecule has 1 N–H and O–H groups in total. The number of nitrogens with one attached hydrogen (secondary N) is 1. The van der Waals surface area contributed by atoms with Gasteiger partial charge in [0.1, 0.15) is 6.67 Å². The van der Waals surface area contributed by atoms with Crippen molar-refractivity contribution in [2.24, 2.45) is 5.41 Å². The predicted octanol–water partition coefficient (Wildman–Crippen LogP) is 2.73. The summed E-state index contributed by atoms with van der Waals surface area (Å²) in [6, 6.07) is 0.405. The van der Waals surface area contributed by atoms with Crippen LogP contribution in [-0.2, 0) is 0 Å². The first-order valence-electron chi connectivity index (χ1n) is 4.97. The second kappa shape index (κ2) is 4.61. The lowest BCUT2D eigenvalue weighted by Crippen LogP contribution is -2.41. The smallest absolute Gasteiger partial charge is 0.102 e. The molecule has 0 bridgehead atoms. The molecular formula is C10H19ClFN. The molecule has 1 saturated carbocycles. The van der Waals surface area contributed by atoms with Crippen molar-refractivity contribution in [1.82, 2.24) is 5.32 Å². The highest BCUT2D eigenvalue weighted by Gasteiger charge is 2.32. The van der Waals surface area contributed by atoms with Gasteiger partial charge in [0.15, 0.2) is 0 Å². The fourth-order valence-electron chi connectivity index (χ4n) is 2.24. The highest BCUT2D eigenvalue weighted by atomic mass is 35.5. The Hall–Kier alpha value is 0.180. The molecule has 78 valence electrons. The van der Waals surface area contributed by atoms with E-state index in [1.54, 1.807) is 0 Å². The van der Waals surface area contributed by atoms with Gasteiger partial charge in [0, 0.05) is 18.0 Å². The number of halogens is 2. The average molecular weight is 208 g/mol. The van der Waals surface area contributed by atoms with Gasteiger partial charge in [-0.1, -0.05) is 13.8 Å². The van der Waals surface area contributed by atoms with Crippen LogP contribution >= 0.6 is 11.6 Å². The van der Waals surface area contributed by atoms with Gasteiger partial charge in [-0.3, -0.25) is 0 Å². The van der Waals surface area contributed by atoms with E-state index in [-0.39, 0.29) is 12.1 Å². The van der Waals surface area contributed by atoms with Crippen LogP contribution in [0.5, 0.6) is 0 Å². The molecule has 0 amide bonds. The molecule has 0 heterocycles. The Bertz CT molecular complexity index is 161. The molecule has 0 aromatic heterocycles. The van der Waals surface area contributed by atoms with E-state index in [9.17, 15) is 4.39 Å². The molecule has 2 unspecified atom stereocenters. The van der Waals surface area contributed by atoms with Crippen LogP contribution in [0.15, 0.2) is 0 Å². The summed E-state index contributed by atoms with van der Waals surface area (Å²) >= 11 is 6.14. The summed E-state index contributed by atoms with van der Waals surface area (Å²) in [4.78, 5) is 0. The minimum Gasteiger partial charge on any atom is -0.311 e. The van der Waals surface area contributed by atoms with Gasteiger partial charge in [0.05, 0.1) is 0 Å². The average Bonchev–Trinajstić information content (AvgIpc) is 1.97. The van der Waals surface area contributed by atoms with E-state index in [4.69, 9.17) is 11.6 Å². The van der Waals surface area contributed by atoms with Crippen molar-refractivity contribution in [2.75, 3.05) is 13.2 Å². The Balaban J connectivity index is 2.38. The molecule has 1 rings (SSSR count). The minimum atomic E-state index is -0.288. The molecule has 0 aromatic carbocycles. The predicted molar refractivity (Wildman–Crippen MR) is 55.0 cm³/mol. The third kappa shape index (κ3) is 3.82. The number of rotatable bonds is 3. The second-order valence-corrected chi connectivity index (χ2v) is 5.36. The maximum atomic E-state index is 11.9. The first-order chi connectivity index (χ1) is 6.03. The Morgan fingerprint density at radius 3 is 2.69 bits per heavy atom. The molecule has 0 spiro atoms. The topological polar surface area (TPSA) is 12.0 Å². The third-order valence-corrected chi connectivity index (χ3v) is 2.97. The van der Waals surface area contributed by atoms with E-state index in [1.165, 1.54) is 0 Å². The van der Waals surface area contributed by atoms with E-state index >= 15 is 0 Å². The molecule has 13 heavy (non-hydrogen) atoms. The highest BCUT2D eigenvalue weighted by Crippen LogP contribution is 2.37. The molecular weight excluding hydrogens is 189 g/mol. The summed E-state index contributed by atoms with van der Waals surface area (Å²) in [6.45, 7) is 4.63. The van der Waals surface area contributed by atoms with Crippen molar-refractivity contribution >= 4 is 11.6 Å².